The number of halogens is 1. The van der Waals surface area contributed by atoms with Crippen LogP contribution in [-0.2, 0) is 22.4 Å². The van der Waals surface area contributed by atoms with Gasteiger partial charge in [0.25, 0.3) is 0 Å². The molecule has 1 saturated carbocycles. The third-order valence-corrected chi connectivity index (χ3v) is 6.32. The standard InChI is InChI=1S/C24H24ClN3O2S/c1-15(17-7-9-20(10-8-17)28-24(30)18-5-6-18)26-22(29)13-21-14-31-23(27-21)12-16-3-2-4-19(25)11-16/h2-4,7-11,14-15,18H,5-6,12-13H2,1H3,(H,26,29)(H,28,30). The summed E-state index contributed by atoms with van der Waals surface area (Å²) in [7, 11) is 0. The number of anilines is 1. The average molecular weight is 454 g/mol. The SMILES string of the molecule is CC(NC(=O)Cc1csc(Cc2cccc(Cl)c2)n1)c1ccc(NC(=O)C2CC2)cc1. The third kappa shape index (κ3) is 6.15. The largest absolute Gasteiger partial charge is 0.349 e. The molecule has 1 fully saturated rings. The van der Waals surface area contributed by atoms with Crippen LogP contribution in [0.2, 0.25) is 5.02 Å². The Morgan fingerprint density at radius 3 is 2.68 bits per heavy atom. The van der Waals surface area contributed by atoms with Gasteiger partial charge in [-0.2, -0.15) is 0 Å². The second kappa shape index (κ2) is 9.62. The molecular weight excluding hydrogens is 430 g/mol. The minimum absolute atomic E-state index is 0.0711. The summed E-state index contributed by atoms with van der Waals surface area (Å²) in [4.78, 5) is 28.9. The van der Waals surface area contributed by atoms with Gasteiger partial charge < -0.3 is 10.6 Å². The predicted molar refractivity (Wildman–Crippen MR) is 124 cm³/mol. The molecule has 2 amide bonds. The molecular formula is C24H24ClN3O2S. The Hall–Kier alpha value is -2.70. The lowest BCUT2D eigenvalue weighted by Gasteiger charge is -2.15. The maximum atomic E-state index is 12.5. The molecule has 2 N–H and O–H groups in total. The van der Waals surface area contributed by atoms with E-state index in [4.69, 9.17) is 11.6 Å². The van der Waals surface area contributed by atoms with Crippen molar-refractivity contribution in [3.05, 3.63) is 80.8 Å². The molecule has 1 atom stereocenters. The second-order valence-corrected chi connectivity index (χ2v) is 9.27. The number of rotatable bonds is 8. The van der Waals surface area contributed by atoms with Crippen LogP contribution in [0.5, 0.6) is 0 Å². The summed E-state index contributed by atoms with van der Waals surface area (Å²) < 4.78 is 0. The molecule has 3 aromatic rings. The Bertz CT molecular complexity index is 1080. The molecule has 1 aliphatic rings. The highest BCUT2D eigenvalue weighted by molar-refractivity contribution is 7.09. The molecule has 1 aliphatic carbocycles. The van der Waals surface area contributed by atoms with Crippen molar-refractivity contribution in [1.82, 2.24) is 10.3 Å². The van der Waals surface area contributed by atoms with Gasteiger partial charge in [0.2, 0.25) is 11.8 Å². The van der Waals surface area contributed by atoms with Crippen molar-refractivity contribution in [3.63, 3.8) is 0 Å². The van der Waals surface area contributed by atoms with Crippen molar-refractivity contribution in [2.75, 3.05) is 5.32 Å². The number of aromatic nitrogens is 1. The van der Waals surface area contributed by atoms with Gasteiger partial charge in [-0.25, -0.2) is 4.98 Å². The molecule has 2 aromatic carbocycles. The summed E-state index contributed by atoms with van der Waals surface area (Å²) in [6, 6.07) is 15.2. The van der Waals surface area contributed by atoms with Crippen LogP contribution in [0.15, 0.2) is 53.9 Å². The lowest BCUT2D eigenvalue weighted by atomic mass is 10.1. The molecule has 0 spiro atoms. The van der Waals surface area contributed by atoms with E-state index in [2.05, 4.69) is 15.6 Å². The molecule has 4 rings (SSSR count). The van der Waals surface area contributed by atoms with E-state index in [-0.39, 0.29) is 30.2 Å². The quantitative estimate of drug-likeness (QED) is 0.495. The maximum absolute atomic E-state index is 12.5. The monoisotopic (exact) mass is 453 g/mol. The normalized spacial score (nSPS) is 14.1. The highest BCUT2D eigenvalue weighted by Gasteiger charge is 2.29. The van der Waals surface area contributed by atoms with Gasteiger partial charge in [0, 0.05) is 28.4 Å². The van der Waals surface area contributed by atoms with Gasteiger partial charge >= 0.3 is 0 Å². The van der Waals surface area contributed by atoms with Crippen LogP contribution in [-0.4, -0.2) is 16.8 Å². The van der Waals surface area contributed by atoms with Crippen LogP contribution in [0.3, 0.4) is 0 Å². The van der Waals surface area contributed by atoms with Crippen molar-refractivity contribution in [3.8, 4) is 0 Å². The molecule has 1 unspecified atom stereocenters. The zero-order chi connectivity index (χ0) is 21.8. The molecule has 0 bridgehead atoms. The van der Waals surface area contributed by atoms with Gasteiger partial charge in [0.05, 0.1) is 23.2 Å². The van der Waals surface area contributed by atoms with Gasteiger partial charge in [0.1, 0.15) is 0 Å². The molecule has 0 radical (unpaired) electrons. The number of hydrogen-bond donors (Lipinski definition) is 2. The fourth-order valence-corrected chi connectivity index (χ4v) is 4.36. The van der Waals surface area contributed by atoms with E-state index < -0.39 is 0 Å². The van der Waals surface area contributed by atoms with E-state index in [9.17, 15) is 9.59 Å². The minimum Gasteiger partial charge on any atom is -0.349 e. The van der Waals surface area contributed by atoms with Crippen molar-refractivity contribution >= 4 is 40.4 Å². The number of amides is 2. The van der Waals surface area contributed by atoms with E-state index in [0.29, 0.717) is 11.4 Å². The summed E-state index contributed by atoms with van der Waals surface area (Å²) in [6.07, 6.45) is 2.90. The molecule has 7 heteroatoms. The van der Waals surface area contributed by atoms with Gasteiger partial charge in [-0.05, 0) is 55.2 Å². The van der Waals surface area contributed by atoms with Gasteiger partial charge in [-0.15, -0.1) is 11.3 Å². The van der Waals surface area contributed by atoms with Crippen molar-refractivity contribution in [1.29, 1.82) is 0 Å². The first-order chi connectivity index (χ1) is 15.0. The molecule has 5 nitrogen and oxygen atoms in total. The lowest BCUT2D eigenvalue weighted by molar-refractivity contribution is -0.121. The Balaban J connectivity index is 1.28. The van der Waals surface area contributed by atoms with Crippen LogP contribution in [0.1, 0.15) is 47.6 Å². The highest BCUT2D eigenvalue weighted by atomic mass is 35.5. The zero-order valence-electron chi connectivity index (χ0n) is 17.2. The third-order valence-electron chi connectivity index (χ3n) is 5.19. The van der Waals surface area contributed by atoms with Crippen LogP contribution >= 0.6 is 22.9 Å². The first-order valence-electron chi connectivity index (χ1n) is 10.3. The number of hydrogen-bond acceptors (Lipinski definition) is 4. The number of carbonyl (C=O) groups excluding carboxylic acids is 2. The topological polar surface area (TPSA) is 71.1 Å². The van der Waals surface area contributed by atoms with Crippen molar-refractivity contribution in [2.24, 2.45) is 5.92 Å². The van der Waals surface area contributed by atoms with Crippen molar-refractivity contribution in [2.45, 2.75) is 38.6 Å². The van der Waals surface area contributed by atoms with Gasteiger partial charge in [-0.3, -0.25) is 9.59 Å². The molecule has 1 heterocycles. The predicted octanol–water partition coefficient (Wildman–Crippen LogP) is 5.16. The van der Waals surface area contributed by atoms with E-state index >= 15 is 0 Å². The summed E-state index contributed by atoms with van der Waals surface area (Å²) in [6.45, 7) is 1.95. The number of carbonyl (C=O) groups is 2. The summed E-state index contributed by atoms with van der Waals surface area (Å²) in [5.41, 5.74) is 3.64. The smallest absolute Gasteiger partial charge is 0.227 e. The van der Waals surface area contributed by atoms with Crippen LogP contribution in [0, 0.1) is 5.92 Å². The maximum Gasteiger partial charge on any atom is 0.227 e. The Labute approximate surface area is 190 Å². The Morgan fingerprint density at radius 1 is 1.19 bits per heavy atom. The fourth-order valence-electron chi connectivity index (χ4n) is 3.32. The summed E-state index contributed by atoms with van der Waals surface area (Å²) >= 11 is 7.59. The first kappa shape index (κ1) is 21.5. The average Bonchev–Trinajstić information content (AvgIpc) is 3.50. The Morgan fingerprint density at radius 2 is 1.97 bits per heavy atom. The molecule has 31 heavy (non-hydrogen) atoms. The zero-order valence-corrected chi connectivity index (χ0v) is 18.8. The van der Waals surface area contributed by atoms with E-state index in [1.807, 2.05) is 60.8 Å². The molecule has 0 saturated heterocycles. The molecule has 1 aromatic heterocycles. The van der Waals surface area contributed by atoms with Gasteiger partial charge in [-0.1, -0.05) is 35.9 Å². The van der Waals surface area contributed by atoms with Crippen LogP contribution in [0.25, 0.3) is 0 Å². The second-order valence-electron chi connectivity index (χ2n) is 7.89. The molecule has 160 valence electrons. The number of thiazole rings is 1. The number of nitrogens with zero attached hydrogens (tertiary/aromatic N) is 1. The first-order valence-corrected chi connectivity index (χ1v) is 11.6. The summed E-state index contributed by atoms with van der Waals surface area (Å²) in [5.74, 6) is 0.194. The lowest BCUT2D eigenvalue weighted by Crippen LogP contribution is -2.28. The van der Waals surface area contributed by atoms with E-state index in [1.54, 1.807) is 11.3 Å². The summed E-state index contributed by atoms with van der Waals surface area (Å²) in [5, 5.41) is 9.55. The van der Waals surface area contributed by atoms with Crippen LogP contribution in [0.4, 0.5) is 5.69 Å². The van der Waals surface area contributed by atoms with Gasteiger partial charge in [0.15, 0.2) is 0 Å². The number of benzene rings is 2. The van der Waals surface area contributed by atoms with Crippen LogP contribution < -0.4 is 10.6 Å². The van der Waals surface area contributed by atoms with E-state index in [1.165, 1.54) is 0 Å². The minimum atomic E-state index is -0.134. The van der Waals surface area contributed by atoms with Crippen molar-refractivity contribution < 1.29 is 9.59 Å². The highest BCUT2D eigenvalue weighted by Crippen LogP contribution is 2.30. The number of nitrogens with one attached hydrogen (secondary N) is 2. The van der Waals surface area contributed by atoms with E-state index in [0.717, 1.165) is 40.4 Å². The Kier molecular flexibility index (Phi) is 6.68. The fraction of sp³-hybridized carbons (Fsp3) is 0.292. The molecule has 0 aliphatic heterocycles.